The topological polar surface area (TPSA) is 94.2 Å². The summed E-state index contributed by atoms with van der Waals surface area (Å²) in [5, 5.41) is 14.2. The van der Waals surface area contributed by atoms with Crippen LogP contribution in [-0.2, 0) is 17.6 Å². The maximum Gasteiger partial charge on any atom is 0.167 e. The Hall–Kier alpha value is -3.58. The third-order valence-corrected chi connectivity index (χ3v) is 6.32. The lowest BCUT2D eigenvalue weighted by Crippen LogP contribution is -2.31. The highest BCUT2D eigenvalue weighted by atomic mass is 16.5. The molecule has 1 atom stereocenters. The van der Waals surface area contributed by atoms with Crippen LogP contribution in [-0.4, -0.2) is 25.2 Å². The molecule has 0 saturated carbocycles. The van der Waals surface area contributed by atoms with Crippen LogP contribution in [0.3, 0.4) is 0 Å². The van der Waals surface area contributed by atoms with Gasteiger partial charge in [-0.15, -0.1) is 0 Å². The van der Waals surface area contributed by atoms with Gasteiger partial charge in [0.15, 0.2) is 11.6 Å². The number of rotatable bonds is 8. The molecule has 3 aromatic heterocycles. The molecule has 0 bridgehead atoms. The van der Waals surface area contributed by atoms with Gasteiger partial charge in [-0.05, 0) is 50.5 Å². The Bertz CT molecular complexity index is 1210. The summed E-state index contributed by atoms with van der Waals surface area (Å²) in [6.07, 6.45) is 5.14. The van der Waals surface area contributed by atoms with Crippen molar-refractivity contribution in [2.45, 2.75) is 52.2 Å². The maximum absolute atomic E-state index is 10.2. The van der Waals surface area contributed by atoms with Crippen molar-refractivity contribution in [3.63, 3.8) is 0 Å². The van der Waals surface area contributed by atoms with E-state index < -0.39 is 5.60 Å². The minimum atomic E-state index is -1.05. The summed E-state index contributed by atoms with van der Waals surface area (Å²) in [6.45, 7) is 10.3. The van der Waals surface area contributed by atoms with Crippen molar-refractivity contribution >= 4 is 0 Å². The van der Waals surface area contributed by atoms with Gasteiger partial charge in [0.25, 0.3) is 0 Å². The summed E-state index contributed by atoms with van der Waals surface area (Å²) in [7, 11) is 0. The zero-order valence-corrected chi connectivity index (χ0v) is 20.2. The lowest BCUT2D eigenvalue weighted by atomic mass is 9.70. The molecule has 1 unspecified atom stereocenters. The molecule has 7 nitrogen and oxygen atoms in total. The van der Waals surface area contributed by atoms with E-state index in [1.54, 1.807) is 44.6 Å². The second-order valence-electron chi connectivity index (χ2n) is 9.40. The molecule has 0 aliphatic carbocycles. The largest absolute Gasteiger partial charge is 0.484 e. The smallest absolute Gasteiger partial charge is 0.167 e. The number of pyridine rings is 1. The first-order valence-corrected chi connectivity index (χ1v) is 11.3. The molecule has 34 heavy (non-hydrogen) atoms. The second-order valence-corrected chi connectivity index (χ2v) is 9.40. The van der Waals surface area contributed by atoms with Gasteiger partial charge in [-0.3, -0.25) is 4.98 Å². The van der Waals surface area contributed by atoms with Gasteiger partial charge in [0.1, 0.15) is 23.7 Å². The van der Waals surface area contributed by atoms with E-state index in [9.17, 15) is 5.11 Å². The Balaban J connectivity index is 1.55. The van der Waals surface area contributed by atoms with E-state index in [0.717, 1.165) is 16.8 Å². The van der Waals surface area contributed by atoms with Crippen LogP contribution < -0.4 is 4.74 Å². The van der Waals surface area contributed by atoms with Crippen LogP contribution in [0.2, 0.25) is 0 Å². The van der Waals surface area contributed by atoms with Crippen molar-refractivity contribution in [3.8, 4) is 17.1 Å². The van der Waals surface area contributed by atoms with Crippen molar-refractivity contribution in [1.29, 1.82) is 0 Å². The molecule has 0 aliphatic heterocycles. The van der Waals surface area contributed by atoms with Crippen molar-refractivity contribution < 1.29 is 14.4 Å². The molecular formula is C27H30N4O3. The quantitative estimate of drug-likeness (QED) is 0.383. The molecule has 0 aliphatic rings. The Labute approximate surface area is 199 Å². The van der Waals surface area contributed by atoms with Crippen LogP contribution in [0, 0.1) is 5.92 Å². The molecule has 4 rings (SSSR count). The number of aliphatic hydroxyl groups is 1. The molecule has 0 saturated heterocycles. The highest BCUT2D eigenvalue weighted by Gasteiger charge is 2.34. The predicted molar refractivity (Wildman–Crippen MR) is 129 cm³/mol. The number of ether oxygens (including phenoxy) is 1. The summed E-state index contributed by atoms with van der Waals surface area (Å²) in [6, 6.07) is 15.7. The van der Waals surface area contributed by atoms with Gasteiger partial charge in [0.05, 0.1) is 11.9 Å². The second kappa shape index (κ2) is 9.35. The van der Waals surface area contributed by atoms with E-state index >= 15 is 0 Å². The molecule has 3 heterocycles. The van der Waals surface area contributed by atoms with Crippen LogP contribution >= 0.6 is 0 Å². The average Bonchev–Trinajstić information content (AvgIpc) is 3.34. The zero-order valence-electron chi connectivity index (χ0n) is 20.2. The van der Waals surface area contributed by atoms with Gasteiger partial charge in [0.2, 0.25) is 0 Å². The first kappa shape index (κ1) is 23.6. The van der Waals surface area contributed by atoms with Crippen molar-refractivity contribution in [2.24, 2.45) is 5.92 Å². The van der Waals surface area contributed by atoms with E-state index in [1.807, 2.05) is 24.3 Å². The van der Waals surface area contributed by atoms with Gasteiger partial charge in [-0.1, -0.05) is 43.3 Å². The number of nitrogens with zero attached hydrogens (tertiary/aromatic N) is 4. The standard InChI is InChI=1S/C27H30N4O3/c1-18(2)27(5,23-12-11-21(16-30-23)33-17-25-28-13-6-14-29-25)20-9-7-19(8-10-20)22-15-24(31-34-22)26(3,4)32/h6-16,18,32H,17H2,1-5H3. The molecule has 0 amide bonds. The minimum absolute atomic E-state index is 0.293. The average molecular weight is 459 g/mol. The highest BCUT2D eigenvalue weighted by Crippen LogP contribution is 2.39. The Kier molecular flexibility index (Phi) is 6.48. The van der Waals surface area contributed by atoms with Crippen molar-refractivity contribution in [2.75, 3.05) is 0 Å². The number of benzene rings is 1. The Morgan fingerprint density at radius 2 is 1.65 bits per heavy atom. The van der Waals surface area contributed by atoms with E-state index in [-0.39, 0.29) is 5.41 Å². The van der Waals surface area contributed by atoms with Crippen LogP contribution in [0.5, 0.6) is 5.75 Å². The first-order valence-electron chi connectivity index (χ1n) is 11.3. The molecule has 176 valence electrons. The molecule has 1 aromatic carbocycles. The van der Waals surface area contributed by atoms with Gasteiger partial charge < -0.3 is 14.4 Å². The minimum Gasteiger partial charge on any atom is -0.484 e. The summed E-state index contributed by atoms with van der Waals surface area (Å²) in [5.74, 6) is 2.21. The van der Waals surface area contributed by atoms with E-state index in [4.69, 9.17) is 14.2 Å². The van der Waals surface area contributed by atoms with Crippen molar-refractivity contribution in [1.82, 2.24) is 20.1 Å². The number of aromatic nitrogens is 4. The van der Waals surface area contributed by atoms with Gasteiger partial charge >= 0.3 is 0 Å². The Morgan fingerprint density at radius 1 is 0.941 bits per heavy atom. The molecule has 1 N–H and O–H groups in total. The van der Waals surface area contributed by atoms with Crippen molar-refractivity contribution in [3.05, 3.63) is 89.9 Å². The molecule has 0 radical (unpaired) electrons. The molecule has 4 aromatic rings. The van der Waals surface area contributed by atoms with Crippen LogP contribution in [0.1, 0.15) is 57.4 Å². The molecular weight excluding hydrogens is 428 g/mol. The van der Waals surface area contributed by atoms with E-state index in [2.05, 4.69) is 48.0 Å². The summed E-state index contributed by atoms with van der Waals surface area (Å²) in [4.78, 5) is 13.1. The number of hydrogen-bond donors (Lipinski definition) is 1. The third kappa shape index (κ3) is 4.84. The van der Waals surface area contributed by atoms with Gasteiger partial charge in [-0.2, -0.15) is 0 Å². The highest BCUT2D eigenvalue weighted by molar-refractivity contribution is 5.59. The monoisotopic (exact) mass is 458 g/mol. The fourth-order valence-electron chi connectivity index (χ4n) is 3.78. The summed E-state index contributed by atoms with van der Waals surface area (Å²) >= 11 is 0. The van der Waals surface area contributed by atoms with Gasteiger partial charge in [0, 0.05) is 29.4 Å². The maximum atomic E-state index is 10.2. The third-order valence-electron chi connectivity index (χ3n) is 6.32. The van der Waals surface area contributed by atoms with Crippen LogP contribution in [0.15, 0.2) is 71.6 Å². The van der Waals surface area contributed by atoms with E-state index in [0.29, 0.717) is 35.6 Å². The summed E-state index contributed by atoms with van der Waals surface area (Å²) in [5.41, 5.74) is 2.16. The zero-order chi connectivity index (χ0) is 24.3. The summed E-state index contributed by atoms with van der Waals surface area (Å²) < 4.78 is 11.3. The SMILES string of the molecule is CC(C)C(C)(c1ccc(-c2cc(C(C)(C)O)no2)cc1)c1ccc(OCc2ncccn2)cn1. The lowest BCUT2D eigenvalue weighted by molar-refractivity contribution is 0.0701. The Morgan fingerprint density at radius 3 is 2.21 bits per heavy atom. The molecule has 0 fully saturated rings. The van der Waals surface area contributed by atoms with Gasteiger partial charge in [-0.25, -0.2) is 9.97 Å². The predicted octanol–water partition coefficient (Wildman–Crippen LogP) is 5.30. The first-order chi connectivity index (χ1) is 16.2. The van der Waals surface area contributed by atoms with Crippen LogP contribution in [0.25, 0.3) is 11.3 Å². The molecule has 7 heteroatoms. The fraction of sp³-hybridized carbons (Fsp3) is 0.333. The normalized spacial score (nSPS) is 13.6. The van der Waals surface area contributed by atoms with E-state index in [1.165, 1.54) is 0 Å². The van der Waals surface area contributed by atoms with Crippen LogP contribution in [0.4, 0.5) is 0 Å². The number of hydrogen-bond acceptors (Lipinski definition) is 7. The molecule has 0 spiro atoms. The lowest BCUT2D eigenvalue weighted by Gasteiger charge is -2.34. The fourth-order valence-corrected chi connectivity index (χ4v) is 3.78.